The third-order valence-electron chi connectivity index (χ3n) is 3.51. The molecule has 3 rings (SSSR count). The fourth-order valence-corrected chi connectivity index (χ4v) is 2.27. The summed E-state index contributed by atoms with van der Waals surface area (Å²) in [5.41, 5.74) is -1.09. The molecule has 0 atom stereocenters. The van der Waals surface area contributed by atoms with Crippen molar-refractivity contribution in [3.05, 3.63) is 70.0 Å². The molecule has 0 fully saturated rings. The molecule has 0 radical (unpaired) electrons. The highest BCUT2D eigenvalue weighted by atomic mass is 19.4. The molecule has 1 heterocycles. The molecular weight excluding hydrogens is 353 g/mol. The monoisotopic (exact) mass is 362 g/mol. The van der Waals surface area contributed by atoms with E-state index in [1.165, 1.54) is 24.3 Å². The number of fused-ring (bicyclic) bond motifs is 1. The molecule has 1 amide bonds. The van der Waals surface area contributed by atoms with Gasteiger partial charge in [-0.25, -0.2) is 9.97 Å². The molecule has 1 aromatic heterocycles. The average molecular weight is 362 g/mol. The van der Waals surface area contributed by atoms with Gasteiger partial charge in [-0.05, 0) is 24.3 Å². The minimum atomic E-state index is -4.58. The lowest BCUT2D eigenvalue weighted by Gasteiger charge is -2.10. The zero-order chi connectivity index (χ0) is 18.9. The number of nitrogens with zero attached hydrogens (tertiary/aromatic N) is 3. The van der Waals surface area contributed by atoms with E-state index in [0.29, 0.717) is 11.6 Å². The normalized spacial score (nSPS) is 11.3. The number of anilines is 1. The van der Waals surface area contributed by atoms with E-state index >= 15 is 0 Å². The van der Waals surface area contributed by atoms with Crippen LogP contribution in [0.4, 0.5) is 24.7 Å². The maximum atomic E-state index is 12.8. The number of amides is 1. The molecule has 1 N–H and O–H groups in total. The summed E-state index contributed by atoms with van der Waals surface area (Å²) in [7, 11) is 0. The van der Waals surface area contributed by atoms with Crippen LogP contribution in [-0.2, 0) is 6.18 Å². The minimum absolute atomic E-state index is 0.0406. The summed E-state index contributed by atoms with van der Waals surface area (Å²) in [4.78, 5) is 30.4. The number of carbonyl (C=O) groups excluding carboxylic acids is 1. The van der Waals surface area contributed by atoms with Crippen LogP contribution in [0.3, 0.4) is 0 Å². The first-order valence-corrected chi connectivity index (χ1v) is 7.13. The number of hydrogen-bond acceptors (Lipinski definition) is 5. The molecule has 0 unspecified atom stereocenters. The Bertz CT molecular complexity index is 1020. The van der Waals surface area contributed by atoms with Crippen molar-refractivity contribution in [3.8, 4) is 0 Å². The molecule has 0 aliphatic carbocycles. The molecule has 132 valence electrons. The van der Waals surface area contributed by atoms with Gasteiger partial charge in [0.15, 0.2) is 0 Å². The van der Waals surface area contributed by atoms with Gasteiger partial charge in [-0.1, -0.05) is 6.07 Å². The second-order valence-electron chi connectivity index (χ2n) is 5.21. The average Bonchev–Trinajstić information content (AvgIpc) is 2.61. The number of hydrogen-bond donors (Lipinski definition) is 1. The standard InChI is InChI=1S/C16H9F3N4O3/c17-16(18,19)10-3-1-2-9(6-10)15(24)22-14-12-7-11(23(25)26)4-5-13(12)20-8-21-14/h1-8H,(H,20,21,22,24). The Balaban J connectivity index is 1.97. The van der Waals surface area contributed by atoms with Gasteiger partial charge in [0, 0.05) is 23.1 Å². The summed E-state index contributed by atoms with van der Waals surface area (Å²) in [6.45, 7) is 0. The van der Waals surface area contributed by atoms with Gasteiger partial charge in [0.25, 0.3) is 11.6 Å². The molecule has 10 heteroatoms. The number of nitro benzene ring substituents is 1. The van der Waals surface area contributed by atoms with Gasteiger partial charge in [-0.15, -0.1) is 0 Å². The lowest BCUT2D eigenvalue weighted by atomic mass is 10.1. The Hall–Kier alpha value is -3.56. The van der Waals surface area contributed by atoms with Crippen molar-refractivity contribution in [3.63, 3.8) is 0 Å². The highest BCUT2D eigenvalue weighted by Gasteiger charge is 2.31. The number of nitrogens with one attached hydrogen (secondary N) is 1. The zero-order valence-corrected chi connectivity index (χ0v) is 12.8. The lowest BCUT2D eigenvalue weighted by Crippen LogP contribution is -2.15. The van der Waals surface area contributed by atoms with E-state index in [-0.39, 0.29) is 22.5 Å². The summed E-state index contributed by atoms with van der Waals surface area (Å²) < 4.78 is 38.3. The summed E-state index contributed by atoms with van der Waals surface area (Å²) in [5, 5.41) is 13.5. The molecule has 0 saturated carbocycles. The van der Waals surface area contributed by atoms with Gasteiger partial charge in [0.05, 0.1) is 16.0 Å². The van der Waals surface area contributed by atoms with Crippen molar-refractivity contribution in [1.82, 2.24) is 9.97 Å². The molecule has 0 spiro atoms. The van der Waals surface area contributed by atoms with Crippen molar-refractivity contribution in [1.29, 1.82) is 0 Å². The second-order valence-corrected chi connectivity index (χ2v) is 5.21. The molecule has 0 saturated heterocycles. The summed E-state index contributed by atoms with van der Waals surface area (Å²) in [6.07, 6.45) is -3.45. The molecule has 7 nitrogen and oxygen atoms in total. The fourth-order valence-electron chi connectivity index (χ4n) is 2.27. The number of non-ortho nitro benzene ring substituents is 1. The Morgan fingerprint density at radius 3 is 2.58 bits per heavy atom. The molecule has 0 aliphatic rings. The van der Waals surface area contributed by atoms with Crippen molar-refractivity contribution in [2.75, 3.05) is 5.32 Å². The van der Waals surface area contributed by atoms with E-state index in [9.17, 15) is 28.1 Å². The fraction of sp³-hybridized carbons (Fsp3) is 0.0625. The number of nitro groups is 1. The topological polar surface area (TPSA) is 98.0 Å². The lowest BCUT2D eigenvalue weighted by molar-refractivity contribution is -0.384. The molecule has 2 aromatic carbocycles. The van der Waals surface area contributed by atoms with E-state index in [1.807, 2.05) is 0 Å². The SMILES string of the molecule is O=C(Nc1ncnc2ccc([N+](=O)[O-])cc12)c1cccc(C(F)(F)F)c1. The van der Waals surface area contributed by atoms with Crippen molar-refractivity contribution < 1.29 is 22.9 Å². The van der Waals surface area contributed by atoms with E-state index < -0.39 is 22.6 Å². The predicted octanol–water partition coefficient (Wildman–Crippen LogP) is 3.81. The Morgan fingerprint density at radius 2 is 1.88 bits per heavy atom. The molecule has 26 heavy (non-hydrogen) atoms. The summed E-state index contributed by atoms with van der Waals surface area (Å²) >= 11 is 0. The maximum absolute atomic E-state index is 12.8. The minimum Gasteiger partial charge on any atom is -0.306 e. The summed E-state index contributed by atoms with van der Waals surface area (Å²) in [5.74, 6) is -0.872. The van der Waals surface area contributed by atoms with Crippen LogP contribution in [0.1, 0.15) is 15.9 Å². The number of rotatable bonds is 3. The van der Waals surface area contributed by atoms with Gasteiger partial charge in [-0.3, -0.25) is 14.9 Å². The van der Waals surface area contributed by atoms with Crippen LogP contribution in [-0.4, -0.2) is 20.8 Å². The van der Waals surface area contributed by atoms with Gasteiger partial charge in [0.1, 0.15) is 12.1 Å². The largest absolute Gasteiger partial charge is 0.416 e. The van der Waals surface area contributed by atoms with Crippen LogP contribution < -0.4 is 5.32 Å². The Morgan fingerprint density at radius 1 is 1.12 bits per heavy atom. The maximum Gasteiger partial charge on any atom is 0.416 e. The highest BCUT2D eigenvalue weighted by molar-refractivity contribution is 6.07. The van der Waals surface area contributed by atoms with Crippen LogP contribution >= 0.6 is 0 Å². The van der Waals surface area contributed by atoms with Crippen LogP contribution in [0.15, 0.2) is 48.8 Å². The zero-order valence-electron chi connectivity index (χ0n) is 12.8. The van der Waals surface area contributed by atoms with Crippen molar-refractivity contribution in [2.24, 2.45) is 0 Å². The molecule has 0 bridgehead atoms. The molecular formula is C16H9F3N4O3. The van der Waals surface area contributed by atoms with E-state index in [1.54, 1.807) is 0 Å². The van der Waals surface area contributed by atoms with Crippen LogP contribution in [0.5, 0.6) is 0 Å². The van der Waals surface area contributed by atoms with E-state index in [2.05, 4.69) is 15.3 Å². The van der Waals surface area contributed by atoms with E-state index in [0.717, 1.165) is 18.5 Å². The van der Waals surface area contributed by atoms with Crippen molar-refractivity contribution in [2.45, 2.75) is 6.18 Å². The first-order chi connectivity index (χ1) is 12.3. The van der Waals surface area contributed by atoms with Crippen LogP contribution in [0.2, 0.25) is 0 Å². The third-order valence-corrected chi connectivity index (χ3v) is 3.51. The van der Waals surface area contributed by atoms with Crippen LogP contribution in [0, 0.1) is 10.1 Å². The van der Waals surface area contributed by atoms with E-state index in [4.69, 9.17) is 0 Å². The van der Waals surface area contributed by atoms with Crippen molar-refractivity contribution >= 4 is 28.3 Å². The van der Waals surface area contributed by atoms with Gasteiger partial charge < -0.3 is 5.32 Å². The van der Waals surface area contributed by atoms with Gasteiger partial charge >= 0.3 is 6.18 Å². The summed E-state index contributed by atoms with van der Waals surface area (Å²) in [6, 6.07) is 7.69. The first-order valence-electron chi connectivity index (χ1n) is 7.13. The van der Waals surface area contributed by atoms with Gasteiger partial charge in [0.2, 0.25) is 0 Å². The number of benzene rings is 2. The second kappa shape index (κ2) is 6.39. The third kappa shape index (κ3) is 3.43. The quantitative estimate of drug-likeness (QED) is 0.564. The number of aromatic nitrogens is 2. The van der Waals surface area contributed by atoms with Crippen LogP contribution in [0.25, 0.3) is 10.9 Å². The highest BCUT2D eigenvalue weighted by Crippen LogP contribution is 2.30. The molecule has 3 aromatic rings. The Kier molecular flexibility index (Phi) is 4.24. The molecule has 0 aliphatic heterocycles. The smallest absolute Gasteiger partial charge is 0.306 e. The Labute approximate surface area is 143 Å². The number of carbonyl (C=O) groups is 1. The number of alkyl halides is 3. The van der Waals surface area contributed by atoms with Gasteiger partial charge in [-0.2, -0.15) is 13.2 Å². The number of halogens is 3. The predicted molar refractivity (Wildman–Crippen MR) is 85.6 cm³/mol. The first kappa shape index (κ1) is 17.3.